The predicted molar refractivity (Wildman–Crippen MR) is 378 cm³/mol. The average molecular weight is 1370 g/mol. The van der Waals surface area contributed by atoms with Crippen LogP contribution >= 0.6 is 0 Å². The molecule has 0 saturated heterocycles. The number of hydrogen-bond acceptors (Lipinski definition) is 6. The van der Waals surface area contributed by atoms with Crippen LogP contribution in [-0.2, 0) is 51.2 Å². The van der Waals surface area contributed by atoms with Crippen LogP contribution in [0.1, 0.15) is 253 Å². The summed E-state index contributed by atoms with van der Waals surface area (Å²) in [7, 11) is 4.17. The van der Waals surface area contributed by atoms with E-state index in [1.54, 1.807) is 59.7 Å². The van der Waals surface area contributed by atoms with E-state index in [0.717, 1.165) is 55.7 Å². The van der Waals surface area contributed by atoms with Crippen molar-refractivity contribution < 1.29 is 76.4 Å². The summed E-state index contributed by atoms with van der Waals surface area (Å²) in [6.45, 7) is 8.55. The van der Waals surface area contributed by atoms with Gasteiger partial charge in [0.15, 0.2) is 0 Å². The first-order valence-electron chi connectivity index (χ1n) is 35.4. The third-order valence-corrected chi connectivity index (χ3v) is 19.2. The maximum absolute atomic E-state index is 9.75. The molecule has 0 amide bonds. The number of ether oxygens (including phenoxy) is 1. The van der Waals surface area contributed by atoms with Crippen molar-refractivity contribution >= 4 is 16.7 Å². The van der Waals surface area contributed by atoms with Crippen molar-refractivity contribution in [3.8, 4) is 28.7 Å². The number of hydrogen-bond donors (Lipinski definition) is 4. The Bertz CT molecular complexity index is 2890. The van der Waals surface area contributed by atoms with Gasteiger partial charge >= 0.3 is 0 Å². The molecular formula is C83H113Fe3NO5. The van der Waals surface area contributed by atoms with E-state index in [0.29, 0.717) is 29.3 Å². The smallest absolute Gasteiger partial charge is 0.119 e. The van der Waals surface area contributed by atoms with Gasteiger partial charge in [-0.1, -0.05) is 263 Å². The molecule has 9 heteroatoms. The first kappa shape index (κ1) is 79.5. The fourth-order valence-electron chi connectivity index (χ4n) is 14.5. The van der Waals surface area contributed by atoms with Crippen molar-refractivity contribution in [2.45, 2.75) is 220 Å². The van der Waals surface area contributed by atoms with Gasteiger partial charge in [-0.15, -0.1) is 0 Å². The third-order valence-electron chi connectivity index (χ3n) is 19.2. The van der Waals surface area contributed by atoms with Crippen molar-refractivity contribution in [1.29, 1.82) is 0 Å². The maximum atomic E-state index is 9.75. The van der Waals surface area contributed by atoms with Gasteiger partial charge in [-0.3, -0.25) is 0 Å². The Morgan fingerprint density at radius 1 is 0.326 bits per heavy atom. The maximum Gasteiger partial charge on any atom is 0.119 e. The minimum absolute atomic E-state index is 0. The molecule has 6 saturated carbocycles. The Hall–Kier alpha value is -4.94. The zero-order valence-electron chi connectivity index (χ0n) is 56.7. The molecule has 4 N–H and O–H groups in total. The van der Waals surface area contributed by atoms with Gasteiger partial charge in [0.05, 0.1) is 6.61 Å². The second kappa shape index (κ2) is 45.4. The quantitative estimate of drug-likeness (QED) is 0.0537. The van der Waals surface area contributed by atoms with Gasteiger partial charge in [-0.25, -0.2) is 0 Å². The first-order chi connectivity index (χ1) is 43.6. The molecule has 0 aromatic heterocycles. The monoisotopic (exact) mass is 1370 g/mol. The topological polar surface area (TPSA) is 93.4 Å². The van der Waals surface area contributed by atoms with E-state index < -0.39 is 0 Å². The molecule has 0 radical (unpaired) electrons. The molecule has 12 rings (SSSR count). The van der Waals surface area contributed by atoms with Crippen LogP contribution < -0.4 is 4.74 Å². The van der Waals surface area contributed by atoms with Gasteiger partial charge in [0.1, 0.15) is 28.7 Å². The molecule has 92 heavy (non-hydrogen) atoms. The fraction of sp³-hybridized carbons (Fsp3) is 0.494. The summed E-state index contributed by atoms with van der Waals surface area (Å²) >= 11 is 0. The van der Waals surface area contributed by atoms with Crippen LogP contribution in [-0.4, -0.2) is 52.6 Å². The summed E-state index contributed by atoms with van der Waals surface area (Å²) < 4.78 is 5.92. The van der Waals surface area contributed by atoms with Crippen molar-refractivity contribution in [2.24, 2.45) is 17.8 Å². The van der Waals surface area contributed by atoms with Gasteiger partial charge in [0.2, 0.25) is 0 Å². The second-order valence-electron chi connectivity index (χ2n) is 26.1. The molecule has 0 atom stereocenters. The number of benzene rings is 6. The van der Waals surface area contributed by atoms with Crippen molar-refractivity contribution in [3.63, 3.8) is 0 Å². The summed E-state index contributed by atoms with van der Waals surface area (Å²) in [5, 5.41) is 38.6. The Morgan fingerprint density at radius 2 is 0.554 bits per heavy atom. The molecule has 0 aliphatic heterocycles. The molecule has 6 aliphatic carbocycles. The number of phenolic OH excluding ortho intramolecular Hbond substituents is 4. The fourth-order valence-corrected chi connectivity index (χ4v) is 14.5. The molecule has 0 bridgehead atoms. The standard InChI is InChI=1S/C26H35NO2.C21H24O2.C21H24O.3C5H10.3Fe/c1-4-25(20-8-5-6-9-20)26(21-10-14-23(28)15-11-21)22-12-16-24(17-13-22)29-19-7-18-27(2)3;1-2-20(15-5-3-4-6-15)21(16-7-11-18(22)12-8-16)17-9-13-19(23)14-10-17;1-2-20(16-8-6-7-9-16)21(17-10-4-3-5-11-17)18-12-14-19(22)15-13-18;3*1-2-4-5-3-1;;;/h10-17,20,28H,4-9,18-19H2,1-3H3;7-15,22-23H,2-6H2,1H3;3-5,10-16,22H,2,6-9H2,1H3;3*1-5H2;;;/b26-25-;;21-20-;;;;;;. The molecule has 0 spiro atoms. The first-order valence-corrected chi connectivity index (χ1v) is 35.4. The van der Waals surface area contributed by atoms with Crippen LogP contribution in [0.25, 0.3) is 16.7 Å². The summed E-state index contributed by atoms with van der Waals surface area (Å²) in [5.41, 5.74) is 15.8. The number of rotatable bonds is 17. The van der Waals surface area contributed by atoms with Crippen LogP contribution in [0.3, 0.4) is 0 Å². The van der Waals surface area contributed by atoms with Crippen LogP contribution in [0, 0.1) is 17.8 Å². The van der Waals surface area contributed by atoms with Crippen LogP contribution in [0.2, 0.25) is 0 Å². The predicted octanol–water partition coefficient (Wildman–Crippen LogP) is 23.3. The van der Waals surface area contributed by atoms with Gasteiger partial charge in [-0.05, 0) is 207 Å². The number of allylic oxidation sites excluding steroid dienone is 3. The SMILES string of the molecule is C1CCCC1.C1CCCC1.C1CCCC1.CC/C(=C(\c1ccc(O)cc1)c1ccc(OCCCN(C)C)cc1)C1CCCC1.CC/C(=C(\c1ccccc1)c1ccc(O)cc1)C1CCCC1.CCC(=C(c1ccc(O)cc1)c1ccc(O)cc1)C1CCCC1.[Fe].[Fe].[Fe]. The van der Waals surface area contributed by atoms with E-state index in [1.165, 1.54) is 218 Å². The van der Waals surface area contributed by atoms with Crippen molar-refractivity contribution in [2.75, 3.05) is 27.2 Å². The second-order valence-corrected chi connectivity index (χ2v) is 26.1. The van der Waals surface area contributed by atoms with Crippen LogP contribution in [0.5, 0.6) is 28.7 Å². The molecule has 6 fully saturated rings. The summed E-state index contributed by atoms with van der Waals surface area (Å²) in [5.74, 6) is 4.19. The van der Waals surface area contributed by atoms with E-state index >= 15 is 0 Å². The van der Waals surface area contributed by atoms with E-state index in [9.17, 15) is 20.4 Å². The summed E-state index contributed by atoms with van der Waals surface area (Å²) in [6.07, 6.45) is 42.4. The van der Waals surface area contributed by atoms with E-state index in [-0.39, 0.29) is 62.7 Å². The Balaban J connectivity index is 0.000000260. The third kappa shape index (κ3) is 26.7. The normalized spacial score (nSPS) is 16.5. The van der Waals surface area contributed by atoms with E-state index in [1.807, 2.05) is 48.5 Å². The molecular weight excluding hydrogens is 1260 g/mol. The zero-order valence-corrected chi connectivity index (χ0v) is 60.0. The summed E-state index contributed by atoms with van der Waals surface area (Å²) in [4.78, 5) is 2.18. The minimum atomic E-state index is 0. The van der Waals surface area contributed by atoms with Crippen LogP contribution in [0.4, 0.5) is 0 Å². The van der Waals surface area contributed by atoms with Gasteiger partial charge in [0.25, 0.3) is 0 Å². The molecule has 6 nitrogen and oxygen atoms in total. The van der Waals surface area contributed by atoms with Gasteiger partial charge in [0, 0.05) is 57.8 Å². The van der Waals surface area contributed by atoms with Crippen molar-refractivity contribution in [1.82, 2.24) is 4.90 Å². The molecule has 0 heterocycles. The summed E-state index contributed by atoms with van der Waals surface area (Å²) in [6, 6.07) is 49.5. The number of aromatic hydroxyl groups is 4. The van der Waals surface area contributed by atoms with Gasteiger partial charge < -0.3 is 30.1 Å². The molecule has 6 aromatic rings. The average Bonchev–Trinajstić information content (AvgIpc) is 1.74. The van der Waals surface area contributed by atoms with E-state index in [2.05, 4.69) is 94.4 Å². The molecule has 6 aliphatic rings. The van der Waals surface area contributed by atoms with E-state index in [4.69, 9.17) is 4.74 Å². The largest absolute Gasteiger partial charge is 0.508 e. The van der Waals surface area contributed by atoms with Crippen molar-refractivity contribution in [3.05, 3.63) is 202 Å². The molecule has 504 valence electrons. The Labute approximate surface area is 589 Å². The van der Waals surface area contributed by atoms with Crippen LogP contribution in [0.15, 0.2) is 168 Å². The minimum Gasteiger partial charge on any atom is -0.508 e. The molecule has 0 unspecified atom stereocenters. The Morgan fingerprint density at radius 3 is 0.783 bits per heavy atom. The number of phenols is 4. The Kier molecular flexibility index (Phi) is 39.3. The van der Waals surface area contributed by atoms with Gasteiger partial charge in [-0.2, -0.15) is 0 Å². The zero-order chi connectivity index (χ0) is 62.8. The number of nitrogens with zero attached hydrogens (tertiary/aromatic N) is 1. The molecule has 6 aromatic carbocycles.